The molecule has 0 fully saturated rings. The van der Waals surface area contributed by atoms with Crippen LogP contribution < -0.4 is 10.0 Å². The second-order valence-corrected chi connectivity index (χ2v) is 11.8. The molecular formula is C26H44N4O2S2. The molecule has 0 saturated carbocycles. The average Bonchev–Trinajstić information content (AvgIpc) is 3.27. The third kappa shape index (κ3) is 11.8. The number of rotatable bonds is 20. The lowest BCUT2D eigenvalue weighted by molar-refractivity contribution is 0.556. The zero-order chi connectivity index (χ0) is 24.5. The summed E-state index contributed by atoms with van der Waals surface area (Å²) >= 11 is 1.32. The summed E-state index contributed by atoms with van der Waals surface area (Å²) in [5.41, 5.74) is 1.19. The first kappa shape index (κ1) is 28.7. The number of sulfonamides is 1. The van der Waals surface area contributed by atoms with Gasteiger partial charge in [-0.1, -0.05) is 94.6 Å². The Labute approximate surface area is 211 Å². The van der Waals surface area contributed by atoms with Gasteiger partial charge in [0, 0.05) is 6.42 Å². The number of hydrogen-bond donors (Lipinski definition) is 2. The number of anilines is 1. The van der Waals surface area contributed by atoms with Gasteiger partial charge in [0.2, 0.25) is 5.13 Å². The van der Waals surface area contributed by atoms with Crippen LogP contribution in [0.25, 0.3) is 0 Å². The summed E-state index contributed by atoms with van der Waals surface area (Å²) in [6.45, 7) is 3.27. The summed E-state index contributed by atoms with van der Waals surface area (Å²) in [5.74, 6) is 0. The normalized spacial score (nSPS) is 11.7. The third-order valence-electron chi connectivity index (χ3n) is 6.06. The first-order valence-electron chi connectivity index (χ1n) is 13.1. The highest BCUT2D eigenvalue weighted by Crippen LogP contribution is 2.22. The molecule has 0 aliphatic carbocycles. The van der Waals surface area contributed by atoms with Crippen molar-refractivity contribution in [3.05, 3.63) is 34.8 Å². The predicted molar refractivity (Wildman–Crippen MR) is 144 cm³/mol. The summed E-state index contributed by atoms with van der Waals surface area (Å²) in [7, 11) is -1.69. The van der Waals surface area contributed by atoms with E-state index in [0.29, 0.717) is 5.13 Å². The van der Waals surface area contributed by atoms with Gasteiger partial charge in [-0.15, -0.1) is 10.2 Å². The van der Waals surface area contributed by atoms with E-state index in [1.807, 2.05) is 19.2 Å². The molecule has 0 atom stereocenters. The smallest absolute Gasteiger partial charge is 0.263 e. The number of benzene rings is 1. The third-order valence-corrected chi connectivity index (χ3v) is 8.44. The molecule has 0 unspecified atom stereocenters. The summed E-state index contributed by atoms with van der Waals surface area (Å²) < 4.78 is 28.0. The molecule has 34 heavy (non-hydrogen) atoms. The molecule has 0 saturated heterocycles. The van der Waals surface area contributed by atoms with E-state index in [0.717, 1.165) is 50.1 Å². The zero-order valence-electron chi connectivity index (χ0n) is 21.2. The largest absolute Gasteiger partial charge is 0.320 e. The maximum absolute atomic E-state index is 12.7. The minimum Gasteiger partial charge on any atom is -0.320 e. The Bertz CT molecular complexity index is 882. The molecule has 1 heterocycles. The van der Waals surface area contributed by atoms with Crippen molar-refractivity contribution < 1.29 is 8.42 Å². The Morgan fingerprint density at radius 2 is 1.35 bits per heavy atom. The Morgan fingerprint density at radius 3 is 2.00 bits per heavy atom. The highest BCUT2D eigenvalue weighted by atomic mass is 32.2. The molecule has 0 bridgehead atoms. The van der Waals surface area contributed by atoms with Crippen molar-refractivity contribution in [3.8, 4) is 0 Å². The minimum absolute atomic E-state index is 0.267. The first-order valence-corrected chi connectivity index (χ1v) is 15.4. The van der Waals surface area contributed by atoms with Crippen LogP contribution in [-0.4, -0.2) is 32.2 Å². The molecule has 8 heteroatoms. The van der Waals surface area contributed by atoms with Crippen LogP contribution in [0.15, 0.2) is 29.2 Å². The van der Waals surface area contributed by atoms with Crippen LogP contribution in [0.5, 0.6) is 0 Å². The quantitative estimate of drug-likeness (QED) is 0.194. The molecule has 0 radical (unpaired) electrons. The van der Waals surface area contributed by atoms with Crippen LogP contribution in [0.2, 0.25) is 0 Å². The Morgan fingerprint density at radius 1 is 0.765 bits per heavy atom. The van der Waals surface area contributed by atoms with Gasteiger partial charge in [0.25, 0.3) is 10.0 Å². The van der Waals surface area contributed by atoms with Crippen LogP contribution in [0.1, 0.15) is 101 Å². The molecule has 6 nitrogen and oxygen atoms in total. The van der Waals surface area contributed by atoms with Gasteiger partial charge in [-0.25, -0.2) is 8.42 Å². The number of aromatic nitrogens is 2. The van der Waals surface area contributed by atoms with Gasteiger partial charge in [0.05, 0.1) is 4.90 Å². The number of aryl methyl sites for hydroxylation is 2. The summed E-state index contributed by atoms with van der Waals surface area (Å²) in [5, 5.41) is 12.5. The standard InChI is InChI=1S/C26H44N4O2S2/c1-3-4-5-6-7-8-9-10-11-13-16-23-18-20-24(21-19-23)34(31,32)30-26-29-28-25(33-26)17-14-12-15-22-27-2/h18-21,27H,3-17,22H2,1-2H3,(H,29,30). The van der Waals surface area contributed by atoms with Crippen molar-refractivity contribution in [2.24, 2.45) is 0 Å². The Kier molecular flexibility index (Phi) is 14.4. The van der Waals surface area contributed by atoms with E-state index in [1.165, 1.54) is 74.7 Å². The van der Waals surface area contributed by atoms with Gasteiger partial charge in [-0.2, -0.15) is 0 Å². The number of hydrogen-bond acceptors (Lipinski definition) is 6. The lowest BCUT2D eigenvalue weighted by Crippen LogP contribution is -2.12. The molecule has 192 valence electrons. The monoisotopic (exact) mass is 508 g/mol. The zero-order valence-corrected chi connectivity index (χ0v) is 22.8. The lowest BCUT2D eigenvalue weighted by atomic mass is 10.0. The molecule has 1 aromatic heterocycles. The van der Waals surface area contributed by atoms with Gasteiger partial charge in [0.15, 0.2) is 0 Å². The van der Waals surface area contributed by atoms with Gasteiger partial charge in [-0.3, -0.25) is 4.72 Å². The summed E-state index contributed by atoms with van der Waals surface area (Å²) in [6.07, 6.45) is 18.3. The molecule has 2 N–H and O–H groups in total. The molecule has 0 amide bonds. The van der Waals surface area contributed by atoms with Crippen LogP contribution in [-0.2, 0) is 22.9 Å². The summed E-state index contributed by atoms with van der Waals surface area (Å²) in [6, 6.07) is 7.24. The highest BCUT2D eigenvalue weighted by molar-refractivity contribution is 7.93. The van der Waals surface area contributed by atoms with Crippen LogP contribution in [0.3, 0.4) is 0 Å². The molecular weight excluding hydrogens is 464 g/mol. The Balaban J connectivity index is 1.67. The van der Waals surface area contributed by atoms with Crippen molar-refractivity contribution in [2.45, 2.75) is 108 Å². The fourth-order valence-corrected chi connectivity index (χ4v) is 5.99. The van der Waals surface area contributed by atoms with Crippen molar-refractivity contribution in [1.82, 2.24) is 15.5 Å². The first-order chi connectivity index (χ1) is 16.5. The van der Waals surface area contributed by atoms with Gasteiger partial charge in [-0.05, 0) is 57.0 Å². The predicted octanol–water partition coefficient (Wildman–Crippen LogP) is 6.73. The average molecular weight is 509 g/mol. The minimum atomic E-state index is -3.64. The van der Waals surface area contributed by atoms with Crippen molar-refractivity contribution >= 4 is 26.5 Å². The van der Waals surface area contributed by atoms with Crippen LogP contribution in [0.4, 0.5) is 5.13 Å². The van der Waals surface area contributed by atoms with Gasteiger partial charge in [0.1, 0.15) is 5.01 Å². The summed E-state index contributed by atoms with van der Waals surface area (Å²) in [4.78, 5) is 0.267. The molecule has 0 aliphatic heterocycles. The van der Waals surface area contributed by atoms with Gasteiger partial charge >= 0.3 is 0 Å². The number of nitrogens with one attached hydrogen (secondary N) is 2. The fraction of sp³-hybridized carbons (Fsp3) is 0.692. The van der Waals surface area contributed by atoms with E-state index in [-0.39, 0.29) is 4.90 Å². The lowest BCUT2D eigenvalue weighted by Gasteiger charge is -2.07. The maximum Gasteiger partial charge on any atom is 0.263 e. The Hall–Kier alpha value is -1.51. The second-order valence-electron chi connectivity index (χ2n) is 9.10. The molecule has 2 rings (SSSR count). The molecule has 0 aliphatic rings. The van der Waals surface area contributed by atoms with E-state index >= 15 is 0 Å². The van der Waals surface area contributed by atoms with Crippen molar-refractivity contribution in [2.75, 3.05) is 18.3 Å². The SMILES string of the molecule is CCCCCCCCCCCCc1ccc(S(=O)(=O)Nc2nnc(CCCCCNC)s2)cc1. The van der Waals surface area contributed by atoms with Crippen LogP contribution >= 0.6 is 11.3 Å². The van der Waals surface area contributed by atoms with E-state index < -0.39 is 10.0 Å². The van der Waals surface area contributed by atoms with Crippen LogP contribution in [0, 0.1) is 0 Å². The second kappa shape index (κ2) is 17.0. The van der Waals surface area contributed by atoms with E-state index in [1.54, 1.807) is 12.1 Å². The van der Waals surface area contributed by atoms with E-state index in [2.05, 4.69) is 27.2 Å². The van der Waals surface area contributed by atoms with Crippen molar-refractivity contribution in [3.63, 3.8) is 0 Å². The molecule has 2 aromatic rings. The molecule has 0 spiro atoms. The number of unbranched alkanes of at least 4 members (excludes halogenated alkanes) is 11. The fourth-order valence-electron chi connectivity index (χ4n) is 3.98. The number of nitrogens with zero attached hydrogens (tertiary/aromatic N) is 2. The van der Waals surface area contributed by atoms with Crippen molar-refractivity contribution in [1.29, 1.82) is 0 Å². The topological polar surface area (TPSA) is 84.0 Å². The van der Waals surface area contributed by atoms with Gasteiger partial charge < -0.3 is 5.32 Å². The molecule has 1 aromatic carbocycles. The van der Waals surface area contributed by atoms with E-state index in [9.17, 15) is 8.42 Å². The highest BCUT2D eigenvalue weighted by Gasteiger charge is 2.17. The maximum atomic E-state index is 12.7. The van der Waals surface area contributed by atoms with E-state index in [4.69, 9.17) is 0 Å².